The molecule has 0 spiro atoms. The van der Waals surface area contributed by atoms with Crippen LogP contribution in [0.1, 0.15) is 28.2 Å². The summed E-state index contributed by atoms with van der Waals surface area (Å²) in [7, 11) is 1.67. The number of carbonyl (C=O) groups is 3. The number of hydrogen-bond acceptors (Lipinski definition) is 7. The van der Waals surface area contributed by atoms with Gasteiger partial charge in [0, 0.05) is 45.5 Å². The summed E-state index contributed by atoms with van der Waals surface area (Å²) in [5.74, 6) is -0.366. The molecule has 1 fully saturated rings. The second kappa shape index (κ2) is 9.85. The fourth-order valence-electron chi connectivity index (χ4n) is 3.96. The molecule has 8 nitrogen and oxygen atoms in total. The molecule has 1 atom stereocenters. The molecule has 3 amide bonds. The average molecular weight is 475 g/mol. The van der Waals surface area contributed by atoms with Gasteiger partial charge in [-0.25, -0.2) is 9.59 Å². The summed E-state index contributed by atoms with van der Waals surface area (Å²) in [4.78, 5) is 44.6. The smallest absolute Gasteiger partial charge is 0.338 e. The van der Waals surface area contributed by atoms with Gasteiger partial charge >= 0.3 is 12.0 Å². The summed E-state index contributed by atoms with van der Waals surface area (Å²) in [6, 6.07) is 4.84. The van der Waals surface area contributed by atoms with Crippen LogP contribution >= 0.6 is 22.7 Å². The number of ether oxygens (including phenoxy) is 1. The van der Waals surface area contributed by atoms with Crippen LogP contribution in [-0.4, -0.2) is 79.0 Å². The Morgan fingerprint density at radius 3 is 2.59 bits per heavy atom. The Balaban J connectivity index is 1.55. The van der Waals surface area contributed by atoms with Gasteiger partial charge in [0.25, 0.3) is 5.91 Å². The van der Waals surface area contributed by atoms with Gasteiger partial charge < -0.3 is 15.0 Å². The standard InChI is InChI=1S/C22H26N4O4S2/c1-3-30-21(28)18-16(24(2)22(29)23-19(18)15-6-12-31-14-15)13-25-7-9-26(10-8-25)20(27)17-5-4-11-32-17/h4-6,11-12,14,19H,3,7-10,13H2,1-2H3,(H,23,29). The number of likely N-dealkylation sites (N-methyl/N-ethyl adjacent to an activating group) is 1. The number of amides is 3. The lowest BCUT2D eigenvalue weighted by Gasteiger charge is -2.39. The topological polar surface area (TPSA) is 82.2 Å². The van der Waals surface area contributed by atoms with Crippen LogP contribution < -0.4 is 5.32 Å². The van der Waals surface area contributed by atoms with Crippen molar-refractivity contribution in [3.8, 4) is 0 Å². The third kappa shape index (κ3) is 4.57. The van der Waals surface area contributed by atoms with Crippen LogP contribution in [0.15, 0.2) is 45.6 Å². The zero-order chi connectivity index (χ0) is 22.7. The molecule has 2 aromatic rings. The first-order valence-electron chi connectivity index (χ1n) is 10.5. The number of nitrogens with zero attached hydrogens (tertiary/aromatic N) is 3. The van der Waals surface area contributed by atoms with Crippen molar-refractivity contribution in [2.24, 2.45) is 0 Å². The molecule has 1 N–H and O–H groups in total. The Bertz CT molecular complexity index is 995. The van der Waals surface area contributed by atoms with Gasteiger partial charge in [0.15, 0.2) is 0 Å². The first-order chi connectivity index (χ1) is 15.5. The van der Waals surface area contributed by atoms with Crippen LogP contribution in [0.4, 0.5) is 4.79 Å². The number of hydrogen-bond donors (Lipinski definition) is 1. The van der Waals surface area contributed by atoms with Crippen molar-refractivity contribution in [3.63, 3.8) is 0 Å². The minimum atomic E-state index is -0.541. The molecular weight excluding hydrogens is 448 g/mol. The molecule has 32 heavy (non-hydrogen) atoms. The SMILES string of the molecule is CCOC(=O)C1=C(CN2CCN(C(=O)c3cccs3)CC2)N(C)C(=O)NC1c1ccsc1. The third-order valence-corrected chi connectivity index (χ3v) is 7.27. The van der Waals surface area contributed by atoms with Gasteiger partial charge in [0.1, 0.15) is 0 Å². The number of esters is 1. The van der Waals surface area contributed by atoms with Gasteiger partial charge in [-0.15, -0.1) is 11.3 Å². The van der Waals surface area contributed by atoms with Crippen molar-refractivity contribution in [3.05, 3.63) is 56.1 Å². The highest BCUT2D eigenvalue weighted by Gasteiger charge is 2.38. The first kappa shape index (κ1) is 22.5. The van der Waals surface area contributed by atoms with Gasteiger partial charge in [-0.1, -0.05) is 6.07 Å². The maximum atomic E-state index is 13.0. The molecule has 1 saturated heterocycles. The van der Waals surface area contributed by atoms with E-state index in [1.54, 1.807) is 14.0 Å². The van der Waals surface area contributed by atoms with Crippen molar-refractivity contribution in [1.29, 1.82) is 0 Å². The highest BCUT2D eigenvalue weighted by Crippen LogP contribution is 2.32. The minimum absolute atomic E-state index is 0.0535. The average Bonchev–Trinajstić information content (AvgIpc) is 3.51. The highest BCUT2D eigenvalue weighted by atomic mass is 32.1. The number of carbonyl (C=O) groups excluding carboxylic acids is 3. The maximum absolute atomic E-state index is 13.0. The summed E-state index contributed by atoms with van der Waals surface area (Å²) in [5.41, 5.74) is 1.97. The van der Waals surface area contributed by atoms with E-state index >= 15 is 0 Å². The van der Waals surface area contributed by atoms with Gasteiger partial charge in [0.05, 0.1) is 23.1 Å². The molecule has 4 rings (SSSR count). The molecule has 0 bridgehead atoms. The molecular formula is C22H26N4O4S2. The molecule has 4 heterocycles. The summed E-state index contributed by atoms with van der Waals surface area (Å²) in [5, 5.41) is 8.69. The lowest BCUT2D eigenvalue weighted by Crippen LogP contribution is -2.53. The van der Waals surface area contributed by atoms with E-state index < -0.39 is 12.0 Å². The summed E-state index contributed by atoms with van der Waals surface area (Å²) < 4.78 is 5.36. The highest BCUT2D eigenvalue weighted by molar-refractivity contribution is 7.12. The van der Waals surface area contributed by atoms with Crippen molar-refractivity contribution in [2.75, 3.05) is 46.4 Å². The fourth-order valence-corrected chi connectivity index (χ4v) is 5.34. The van der Waals surface area contributed by atoms with Crippen molar-refractivity contribution < 1.29 is 19.1 Å². The van der Waals surface area contributed by atoms with E-state index in [9.17, 15) is 14.4 Å². The zero-order valence-corrected chi connectivity index (χ0v) is 19.7. The number of rotatable bonds is 6. The molecule has 0 aliphatic carbocycles. The van der Waals surface area contributed by atoms with Gasteiger partial charge in [0.2, 0.25) is 0 Å². The third-order valence-electron chi connectivity index (χ3n) is 5.71. The van der Waals surface area contributed by atoms with Crippen molar-refractivity contribution in [2.45, 2.75) is 13.0 Å². The quantitative estimate of drug-likeness (QED) is 0.651. The zero-order valence-electron chi connectivity index (χ0n) is 18.1. The fraction of sp³-hybridized carbons (Fsp3) is 0.409. The molecule has 1 unspecified atom stereocenters. The molecule has 0 aromatic carbocycles. The van der Waals surface area contributed by atoms with E-state index in [0.29, 0.717) is 44.0 Å². The number of nitrogens with one attached hydrogen (secondary N) is 1. The van der Waals surface area contributed by atoms with Crippen molar-refractivity contribution in [1.82, 2.24) is 20.0 Å². The summed E-state index contributed by atoms with van der Waals surface area (Å²) in [6.45, 7) is 4.98. The first-order valence-corrected chi connectivity index (χ1v) is 12.3. The molecule has 0 saturated carbocycles. The van der Waals surface area contributed by atoms with Crippen LogP contribution in [0.25, 0.3) is 0 Å². The minimum Gasteiger partial charge on any atom is -0.463 e. The van der Waals surface area contributed by atoms with E-state index in [1.807, 2.05) is 39.2 Å². The lowest BCUT2D eigenvalue weighted by molar-refractivity contribution is -0.139. The second-order valence-corrected chi connectivity index (χ2v) is 9.35. The van der Waals surface area contributed by atoms with E-state index in [0.717, 1.165) is 10.4 Å². The second-order valence-electron chi connectivity index (χ2n) is 7.62. The maximum Gasteiger partial charge on any atom is 0.338 e. The largest absolute Gasteiger partial charge is 0.463 e. The monoisotopic (exact) mass is 474 g/mol. The summed E-state index contributed by atoms with van der Waals surface area (Å²) >= 11 is 2.96. The van der Waals surface area contributed by atoms with Crippen LogP contribution in [0.3, 0.4) is 0 Å². The van der Waals surface area contributed by atoms with Crippen LogP contribution in [0.5, 0.6) is 0 Å². The van der Waals surface area contributed by atoms with Crippen molar-refractivity contribution >= 4 is 40.6 Å². The van der Waals surface area contributed by atoms with E-state index in [-0.39, 0.29) is 18.5 Å². The van der Waals surface area contributed by atoms with E-state index in [2.05, 4.69) is 10.2 Å². The predicted molar refractivity (Wildman–Crippen MR) is 124 cm³/mol. The van der Waals surface area contributed by atoms with Gasteiger partial charge in [-0.05, 0) is 40.8 Å². The molecule has 2 aliphatic heterocycles. The molecule has 0 radical (unpaired) electrons. The van der Waals surface area contributed by atoms with Crippen LogP contribution in [0, 0.1) is 0 Å². The molecule has 10 heteroatoms. The Kier molecular flexibility index (Phi) is 6.92. The Morgan fingerprint density at radius 1 is 1.19 bits per heavy atom. The normalized spacial score (nSPS) is 19.8. The number of piperazine rings is 1. The Labute approximate surface area is 195 Å². The van der Waals surface area contributed by atoms with E-state index in [1.165, 1.54) is 27.6 Å². The lowest BCUT2D eigenvalue weighted by atomic mass is 9.96. The van der Waals surface area contributed by atoms with Crippen LogP contribution in [0.2, 0.25) is 0 Å². The van der Waals surface area contributed by atoms with Crippen LogP contribution in [-0.2, 0) is 9.53 Å². The van der Waals surface area contributed by atoms with Gasteiger partial charge in [-0.3, -0.25) is 14.6 Å². The summed E-state index contributed by atoms with van der Waals surface area (Å²) in [6.07, 6.45) is 0. The van der Waals surface area contributed by atoms with Gasteiger partial charge in [-0.2, -0.15) is 11.3 Å². The molecule has 2 aliphatic rings. The molecule has 170 valence electrons. The van der Waals surface area contributed by atoms with E-state index in [4.69, 9.17) is 4.74 Å². The number of thiophene rings is 2. The predicted octanol–water partition coefficient (Wildman–Crippen LogP) is 2.78. The Morgan fingerprint density at radius 2 is 1.97 bits per heavy atom. The number of urea groups is 1. The Hall–Kier alpha value is -2.69. The molecule has 2 aromatic heterocycles.